The summed E-state index contributed by atoms with van der Waals surface area (Å²) < 4.78 is 25.6. The highest BCUT2D eigenvalue weighted by atomic mass is 32.2. The number of hydrogen-bond acceptors (Lipinski definition) is 3. The minimum Gasteiger partial charge on any atom is -0.292 e. The molecule has 4 heteroatoms. The Balaban J connectivity index is 2.01. The van der Waals surface area contributed by atoms with Crippen molar-refractivity contribution in [2.45, 2.75) is 10.1 Å². The minimum atomic E-state index is -3.69. The average molecular weight is 308 g/mol. The van der Waals surface area contributed by atoms with Gasteiger partial charge >= 0.3 is 0 Å². The van der Waals surface area contributed by atoms with Gasteiger partial charge in [0.2, 0.25) is 0 Å². The highest BCUT2D eigenvalue weighted by Gasteiger charge is 2.45. The molecule has 3 nitrogen and oxygen atoms in total. The molecule has 0 radical (unpaired) electrons. The Morgan fingerprint density at radius 3 is 2.05 bits per heavy atom. The molecule has 0 aromatic heterocycles. The van der Waals surface area contributed by atoms with Crippen LogP contribution in [0, 0.1) is 0 Å². The van der Waals surface area contributed by atoms with Gasteiger partial charge in [-0.15, -0.1) is 0 Å². The van der Waals surface area contributed by atoms with Crippen molar-refractivity contribution < 1.29 is 13.2 Å². The van der Waals surface area contributed by atoms with Crippen LogP contribution >= 0.6 is 0 Å². The van der Waals surface area contributed by atoms with Gasteiger partial charge < -0.3 is 0 Å². The van der Waals surface area contributed by atoms with Gasteiger partial charge in [0.25, 0.3) is 0 Å². The van der Waals surface area contributed by atoms with Crippen LogP contribution in [-0.4, -0.2) is 14.2 Å². The van der Waals surface area contributed by atoms with Gasteiger partial charge in [0.1, 0.15) is 0 Å². The van der Waals surface area contributed by atoms with Crippen molar-refractivity contribution in [2.75, 3.05) is 0 Å². The third-order valence-electron chi connectivity index (χ3n) is 4.07. The summed E-state index contributed by atoms with van der Waals surface area (Å²) in [6.07, 6.45) is 0. The van der Waals surface area contributed by atoms with E-state index in [4.69, 9.17) is 0 Å². The summed E-state index contributed by atoms with van der Waals surface area (Å²) >= 11 is 0. The summed E-state index contributed by atoms with van der Waals surface area (Å²) in [6.45, 7) is 0. The first-order valence-corrected chi connectivity index (χ1v) is 8.49. The Labute approximate surface area is 128 Å². The Morgan fingerprint density at radius 1 is 0.773 bits per heavy atom. The number of carbonyl (C=O) groups is 1. The van der Waals surface area contributed by atoms with Gasteiger partial charge in [0.15, 0.2) is 20.9 Å². The maximum absolute atomic E-state index is 12.8. The summed E-state index contributed by atoms with van der Waals surface area (Å²) in [5, 5.41) is 0.574. The number of hydrogen-bond donors (Lipinski definition) is 0. The van der Waals surface area contributed by atoms with Crippen LogP contribution in [0.4, 0.5) is 0 Å². The van der Waals surface area contributed by atoms with Crippen molar-refractivity contribution in [2.24, 2.45) is 0 Å². The quantitative estimate of drug-likeness (QED) is 0.691. The number of carbonyl (C=O) groups excluding carboxylic acids is 1. The number of ketones is 1. The Kier molecular flexibility index (Phi) is 2.71. The molecule has 0 aliphatic carbocycles. The molecule has 108 valence electrons. The summed E-state index contributed by atoms with van der Waals surface area (Å²) in [7, 11) is -3.69. The van der Waals surface area contributed by atoms with E-state index in [1.807, 2.05) is 24.3 Å². The number of fused-ring (bicyclic) bond motifs is 2. The standard InChI is InChI=1S/C18H12O3S/c19-17-15-10-13-8-4-5-9-14(13)11-16(15)22(20,21)18(17)12-6-2-1-3-7-12/h1-11,18H. The normalized spacial score (nSPS) is 19.3. The van der Waals surface area contributed by atoms with Gasteiger partial charge in [0, 0.05) is 5.56 Å². The van der Waals surface area contributed by atoms with Crippen molar-refractivity contribution in [3.8, 4) is 0 Å². The van der Waals surface area contributed by atoms with E-state index in [9.17, 15) is 13.2 Å². The molecule has 1 heterocycles. The first-order valence-electron chi connectivity index (χ1n) is 6.95. The molecule has 4 rings (SSSR count). The largest absolute Gasteiger partial charge is 0.292 e. The van der Waals surface area contributed by atoms with Crippen LogP contribution in [0.3, 0.4) is 0 Å². The second-order valence-electron chi connectivity index (χ2n) is 5.40. The molecule has 22 heavy (non-hydrogen) atoms. The summed E-state index contributed by atoms with van der Waals surface area (Å²) in [5.74, 6) is -0.341. The lowest BCUT2D eigenvalue weighted by Gasteiger charge is -2.08. The van der Waals surface area contributed by atoms with Crippen molar-refractivity contribution in [1.82, 2.24) is 0 Å². The molecular weight excluding hydrogens is 296 g/mol. The van der Waals surface area contributed by atoms with Gasteiger partial charge in [0.05, 0.1) is 4.90 Å². The van der Waals surface area contributed by atoms with E-state index in [0.717, 1.165) is 10.8 Å². The number of benzene rings is 3. The summed E-state index contributed by atoms with van der Waals surface area (Å²) in [6, 6.07) is 19.4. The molecule has 0 saturated carbocycles. The molecule has 3 aromatic carbocycles. The van der Waals surface area contributed by atoms with E-state index in [1.54, 1.807) is 42.5 Å². The molecular formula is C18H12O3S. The van der Waals surface area contributed by atoms with Crippen molar-refractivity contribution in [1.29, 1.82) is 0 Å². The predicted molar refractivity (Wildman–Crippen MR) is 84.6 cm³/mol. The van der Waals surface area contributed by atoms with Crippen molar-refractivity contribution >= 4 is 26.4 Å². The van der Waals surface area contributed by atoms with E-state index in [1.165, 1.54) is 0 Å². The molecule has 0 amide bonds. The predicted octanol–water partition coefficient (Wildman–Crippen LogP) is 3.55. The lowest BCUT2D eigenvalue weighted by molar-refractivity contribution is 0.0990. The highest BCUT2D eigenvalue weighted by molar-refractivity contribution is 7.93. The highest BCUT2D eigenvalue weighted by Crippen LogP contribution is 2.42. The molecule has 1 aliphatic heterocycles. The third-order valence-corrected chi connectivity index (χ3v) is 6.13. The zero-order valence-corrected chi connectivity index (χ0v) is 12.4. The lowest BCUT2D eigenvalue weighted by atomic mass is 10.00. The smallest absolute Gasteiger partial charge is 0.193 e. The van der Waals surface area contributed by atoms with Gasteiger partial charge in [-0.3, -0.25) is 4.79 Å². The number of Topliss-reactive ketones (excluding diaryl/α,β-unsaturated/α-hetero) is 1. The molecule has 0 spiro atoms. The Morgan fingerprint density at radius 2 is 1.36 bits per heavy atom. The van der Waals surface area contributed by atoms with E-state index >= 15 is 0 Å². The van der Waals surface area contributed by atoms with E-state index < -0.39 is 15.1 Å². The Hall–Kier alpha value is -2.46. The van der Waals surface area contributed by atoms with E-state index in [0.29, 0.717) is 11.1 Å². The van der Waals surface area contributed by atoms with E-state index in [-0.39, 0.29) is 10.7 Å². The monoisotopic (exact) mass is 308 g/mol. The second-order valence-corrected chi connectivity index (χ2v) is 7.40. The average Bonchev–Trinajstić information content (AvgIpc) is 2.73. The molecule has 1 aliphatic rings. The molecule has 1 unspecified atom stereocenters. The lowest BCUT2D eigenvalue weighted by Crippen LogP contribution is -2.13. The van der Waals surface area contributed by atoms with Crippen LogP contribution in [0.15, 0.2) is 71.6 Å². The molecule has 0 saturated heterocycles. The molecule has 0 bridgehead atoms. The number of sulfone groups is 1. The van der Waals surface area contributed by atoms with Crippen LogP contribution in [0.2, 0.25) is 0 Å². The van der Waals surface area contributed by atoms with Crippen LogP contribution in [0.25, 0.3) is 10.8 Å². The van der Waals surface area contributed by atoms with Gasteiger partial charge in [-0.25, -0.2) is 8.42 Å². The maximum atomic E-state index is 12.8. The van der Waals surface area contributed by atoms with Gasteiger partial charge in [-0.1, -0.05) is 54.6 Å². The van der Waals surface area contributed by atoms with Crippen molar-refractivity contribution in [3.05, 3.63) is 77.9 Å². The fourth-order valence-electron chi connectivity index (χ4n) is 3.01. The SMILES string of the molecule is O=C1c2cc3ccccc3cc2S(=O)(=O)C1c1ccccc1. The van der Waals surface area contributed by atoms with Crippen LogP contribution in [0.5, 0.6) is 0 Å². The minimum absolute atomic E-state index is 0.144. The fraction of sp³-hybridized carbons (Fsp3) is 0.0556. The Bertz CT molecular complexity index is 1000. The van der Waals surface area contributed by atoms with E-state index in [2.05, 4.69) is 0 Å². The molecule has 0 N–H and O–H groups in total. The zero-order valence-electron chi connectivity index (χ0n) is 11.6. The first-order chi connectivity index (χ1) is 10.6. The number of rotatable bonds is 1. The van der Waals surface area contributed by atoms with Crippen molar-refractivity contribution in [3.63, 3.8) is 0 Å². The second kappa shape index (κ2) is 4.52. The van der Waals surface area contributed by atoms with Gasteiger partial charge in [-0.05, 0) is 28.5 Å². The van der Waals surface area contributed by atoms with Crippen LogP contribution in [-0.2, 0) is 9.84 Å². The molecule has 3 aromatic rings. The van der Waals surface area contributed by atoms with Crippen LogP contribution < -0.4 is 0 Å². The maximum Gasteiger partial charge on any atom is 0.193 e. The zero-order chi connectivity index (χ0) is 15.3. The molecule has 0 fully saturated rings. The van der Waals surface area contributed by atoms with Gasteiger partial charge in [-0.2, -0.15) is 0 Å². The van der Waals surface area contributed by atoms with Crippen LogP contribution in [0.1, 0.15) is 21.2 Å². The topological polar surface area (TPSA) is 51.2 Å². The third kappa shape index (κ3) is 1.74. The summed E-state index contributed by atoms with van der Waals surface area (Å²) in [4.78, 5) is 12.8. The first kappa shape index (κ1) is 13.2. The fourth-order valence-corrected chi connectivity index (χ4v) is 4.95. The molecule has 1 atom stereocenters. The summed E-state index contributed by atoms with van der Waals surface area (Å²) in [5.41, 5.74) is 0.820.